The van der Waals surface area contributed by atoms with Gasteiger partial charge in [0.25, 0.3) is 21.9 Å². The molecule has 3 fully saturated rings. The summed E-state index contributed by atoms with van der Waals surface area (Å²) < 4.78 is 43.4. The van der Waals surface area contributed by atoms with Crippen LogP contribution in [-0.4, -0.2) is 36.7 Å². The van der Waals surface area contributed by atoms with E-state index in [0.717, 1.165) is 12.8 Å². The van der Waals surface area contributed by atoms with Gasteiger partial charge < -0.3 is 0 Å². The average Bonchev–Trinajstić information content (AvgIpc) is 2.75. The van der Waals surface area contributed by atoms with Crippen LogP contribution < -0.4 is 0 Å². The minimum Gasteiger partial charge on any atom is -0.272 e. The lowest BCUT2D eigenvalue weighted by molar-refractivity contribution is -0.165. The maximum absolute atomic E-state index is 13.6. The zero-order valence-corrected chi connectivity index (χ0v) is 13.9. The van der Waals surface area contributed by atoms with Gasteiger partial charge in [-0.3, -0.25) is 9.59 Å². The standard InChI is InChI=1S/C15H22FNO5S/c1-9-6-7-10(16)8-13(9)23(20,21)22-17-14(18)11-4-2-3-5-12(11)15(17)19/h9-13H,2-8H2,1H3. The van der Waals surface area contributed by atoms with E-state index >= 15 is 0 Å². The molecule has 0 aromatic rings. The third kappa shape index (κ3) is 3.03. The fourth-order valence-corrected chi connectivity index (χ4v) is 5.61. The fraction of sp³-hybridized carbons (Fsp3) is 0.867. The van der Waals surface area contributed by atoms with Crippen LogP contribution in [0.2, 0.25) is 0 Å². The van der Waals surface area contributed by atoms with Crippen LogP contribution in [0.4, 0.5) is 4.39 Å². The number of carbonyl (C=O) groups excluding carboxylic acids is 2. The van der Waals surface area contributed by atoms with Gasteiger partial charge in [-0.1, -0.05) is 19.8 Å². The molecule has 130 valence electrons. The molecule has 1 heterocycles. The number of alkyl halides is 1. The fourth-order valence-electron chi connectivity index (χ4n) is 4.00. The van der Waals surface area contributed by atoms with Gasteiger partial charge in [0.05, 0.1) is 17.1 Å². The first-order valence-corrected chi connectivity index (χ1v) is 9.73. The molecule has 0 radical (unpaired) electrons. The summed E-state index contributed by atoms with van der Waals surface area (Å²) in [5.74, 6) is -2.33. The van der Waals surface area contributed by atoms with E-state index in [1.807, 2.05) is 0 Å². The number of imide groups is 1. The molecule has 1 aliphatic heterocycles. The lowest BCUT2D eigenvalue weighted by atomic mass is 9.81. The Morgan fingerprint density at radius 1 is 1.04 bits per heavy atom. The molecular weight excluding hydrogens is 325 g/mol. The molecule has 0 N–H and O–H groups in total. The van der Waals surface area contributed by atoms with Crippen LogP contribution in [0, 0.1) is 17.8 Å². The third-order valence-corrected chi connectivity index (χ3v) is 7.16. The highest BCUT2D eigenvalue weighted by Crippen LogP contribution is 2.39. The summed E-state index contributed by atoms with van der Waals surface area (Å²) in [7, 11) is -4.21. The second kappa shape index (κ2) is 6.12. The average molecular weight is 347 g/mol. The summed E-state index contributed by atoms with van der Waals surface area (Å²) >= 11 is 0. The van der Waals surface area contributed by atoms with Crippen molar-refractivity contribution in [3.63, 3.8) is 0 Å². The molecule has 1 saturated heterocycles. The van der Waals surface area contributed by atoms with Crippen molar-refractivity contribution in [3.8, 4) is 0 Å². The Balaban J connectivity index is 1.77. The first kappa shape index (κ1) is 16.8. The molecule has 0 aromatic carbocycles. The number of nitrogens with zero attached hydrogens (tertiary/aromatic N) is 1. The SMILES string of the molecule is CC1CCC(F)CC1S(=O)(=O)ON1C(=O)C2CCCCC2C1=O. The van der Waals surface area contributed by atoms with E-state index < -0.39 is 45.2 Å². The lowest BCUT2D eigenvalue weighted by Crippen LogP contribution is -2.42. The van der Waals surface area contributed by atoms with Gasteiger partial charge in [-0.2, -0.15) is 8.42 Å². The smallest absolute Gasteiger partial charge is 0.272 e. The molecule has 5 unspecified atom stereocenters. The van der Waals surface area contributed by atoms with Gasteiger partial charge in [0.1, 0.15) is 6.17 Å². The number of halogens is 1. The monoisotopic (exact) mass is 347 g/mol. The van der Waals surface area contributed by atoms with Gasteiger partial charge in [-0.15, -0.1) is 9.35 Å². The highest BCUT2D eigenvalue weighted by molar-refractivity contribution is 7.87. The second-order valence-corrected chi connectivity index (χ2v) is 8.70. The number of carbonyl (C=O) groups is 2. The van der Waals surface area contributed by atoms with Crippen molar-refractivity contribution >= 4 is 21.9 Å². The summed E-state index contributed by atoms with van der Waals surface area (Å²) in [5, 5.41) is -0.584. The first-order valence-electron chi connectivity index (χ1n) is 8.26. The number of hydroxylamine groups is 2. The van der Waals surface area contributed by atoms with Crippen LogP contribution in [-0.2, 0) is 24.0 Å². The molecule has 0 aromatic heterocycles. The molecule has 2 amide bonds. The number of amides is 2. The summed E-state index contributed by atoms with van der Waals surface area (Å²) in [6, 6.07) is 0. The highest BCUT2D eigenvalue weighted by Gasteiger charge is 2.52. The summed E-state index contributed by atoms with van der Waals surface area (Å²) in [6.07, 6.45) is 2.31. The Hall–Kier alpha value is -1.02. The minimum atomic E-state index is -4.21. The Morgan fingerprint density at radius 3 is 2.17 bits per heavy atom. The highest BCUT2D eigenvalue weighted by atomic mass is 32.2. The Morgan fingerprint density at radius 2 is 1.61 bits per heavy atom. The second-order valence-electron chi connectivity index (χ2n) is 6.96. The molecule has 6 nitrogen and oxygen atoms in total. The molecule has 5 atom stereocenters. The van der Waals surface area contributed by atoms with Crippen LogP contribution in [0.3, 0.4) is 0 Å². The van der Waals surface area contributed by atoms with E-state index in [9.17, 15) is 22.4 Å². The van der Waals surface area contributed by atoms with E-state index in [1.165, 1.54) is 0 Å². The van der Waals surface area contributed by atoms with E-state index in [0.29, 0.717) is 30.7 Å². The lowest BCUT2D eigenvalue weighted by Gasteiger charge is -2.30. The van der Waals surface area contributed by atoms with Gasteiger partial charge in [-0.05, 0) is 38.0 Å². The third-order valence-electron chi connectivity index (χ3n) is 5.41. The Labute approximate surface area is 135 Å². The van der Waals surface area contributed by atoms with Crippen molar-refractivity contribution < 1.29 is 26.7 Å². The van der Waals surface area contributed by atoms with Crippen molar-refractivity contribution in [1.82, 2.24) is 5.06 Å². The normalized spacial score (nSPS) is 38.7. The predicted octanol–water partition coefficient (Wildman–Crippen LogP) is 1.95. The van der Waals surface area contributed by atoms with Gasteiger partial charge in [0.2, 0.25) is 0 Å². The molecule has 0 spiro atoms. The van der Waals surface area contributed by atoms with Crippen molar-refractivity contribution in [2.45, 2.75) is 63.3 Å². The number of rotatable bonds is 3. The summed E-state index contributed by atoms with van der Waals surface area (Å²) in [6.45, 7) is 1.73. The van der Waals surface area contributed by atoms with E-state index in [1.54, 1.807) is 6.92 Å². The molecule has 3 aliphatic rings. The number of fused-ring (bicyclic) bond motifs is 1. The van der Waals surface area contributed by atoms with Gasteiger partial charge in [-0.25, -0.2) is 4.39 Å². The van der Waals surface area contributed by atoms with Gasteiger partial charge in [0, 0.05) is 0 Å². The van der Waals surface area contributed by atoms with Crippen LogP contribution in [0.1, 0.15) is 51.9 Å². The molecular formula is C15H22FNO5S. The zero-order chi connectivity index (χ0) is 16.8. The quantitative estimate of drug-likeness (QED) is 0.729. The van der Waals surface area contributed by atoms with Crippen molar-refractivity contribution in [2.75, 3.05) is 0 Å². The van der Waals surface area contributed by atoms with Crippen molar-refractivity contribution in [2.24, 2.45) is 17.8 Å². The Kier molecular flexibility index (Phi) is 4.48. The van der Waals surface area contributed by atoms with E-state index in [-0.39, 0.29) is 12.3 Å². The maximum Gasteiger partial charge on any atom is 0.291 e. The molecule has 2 aliphatic carbocycles. The minimum absolute atomic E-state index is 0.146. The number of hydrogen-bond acceptors (Lipinski definition) is 5. The number of hydrogen-bond donors (Lipinski definition) is 0. The van der Waals surface area contributed by atoms with Crippen molar-refractivity contribution in [3.05, 3.63) is 0 Å². The molecule has 8 heteroatoms. The van der Waals surface area contributed by atoms with Crippen LogP contribution >= 0.6 is 0 Å². The molecule has 3 rings (SSSR count). The summed E-state index contributed by atoms with van der Waals surface area (Å²) in [5.41, 5.74) is 0. The van der Waals surface area contributed by atoms with E-state index in [4.69, 9.17) is 4.28 Å². The van der Waals surface area contributed by atoms with E-state index in [2.05, 4.69) is 0 Å². The summed E-state index contributed by atoms with van der Waals surface area (Å²) in [4.78, 5) is 24.6. The molecule has 0 bridgehead atoms. The first-order chi connectivity index (χ1) is 10.8. The van der Waals surface area contributed by atoms with Crippen molar-refractivity contribution in [1.29, 1.82) is 0 Å². The largest absolute Gasteiger partial charge is 0.291 e. The van der Waals surface area contributed by atoms with Crippen LogP contribution in [0.15, 0.2) is 0 Å². The van der Waals surface area contributed by atoms with Gasteiger partial charge >= 0.3 is 0 Å². The van der Waals surface area contributed by atoms with Gasteiger partial charge in [0.15, 0.2) is 0 Å². The topological polar surface area (TPSA) is 80.8 Å². The van der Waals surface area contributed by atoms with Crippen LogP contribution in [0.5, 0.6) is 0 Å². The predicted molar refractivity (Wildman–Crippen MR) is 79.0 cm³/mol. The molecule has 23 heavy (non-hydrogen) atoms. The van der Waals surface area contributed by atoms with Crippen LogP contribution in [0.25, 0.3) is 0 Å². The maximum atomic E-state index is 13.6. The Bertz CT molecular complexity index is 583. The molecule has 2 saturated carbocycles. The zero-order valence-electron chi connectivity index (χ0n) is 13.1.